The monoisotopic (exact) mass is 293 g/mol. The first-order chi connectivity index (χ1) is 10.7. The number of aromatic hydroxyl groups is 1. The molecule has 2 aromatic rings. The fourth-order valence-electron chi connectivity index (χ4n) is 3.48. The predicted molar refractivity (Wildman–Crippen MR) is 84.5 cm³/mol. The molecule has 1 heterocycles. The van der Waals surface area contributed by atoms with Gasteiger partial charge in [-0.2, -0.15) is 0 Å². The summed E-state index contributed by atoms with van der Waals surface area (Å²) in [6, 6.07) is 15.7. The van der Waals surface area contributed by atoms with Gasteiger partial charge < -0.3 is 10.0 Å². The van der Waals surface area contributed by atoms with Crippen molar-refractivity contribution < 1.29 is 9.90 Å². The molecule has 112 valence electrons. The average molecular weight is 293 g/mol. The number of carbonyl (C=O) groups excluding carboxylic acids is 1. The molecular weight excluding hydrogens is 274 g/mol. The largest absolute Gasteiger partial charge is 0.508 e. The van der Waals surface area contributed by atoms with E-state index in [1.165, 1.54) is 11.1 Å². The third-order valence-corrected chi connectivity index (χ3v) is 4.87. The summed E-state index contributed by atoms with van der Waals surface area (Å²) in [7, 11) is 0. The first kappa shape index (κ1) is 13.4. The van der Waals surface area contributed by atoms with E-state index < -0.39 is 0 Å². The number of hydrogen-bond acceptors (Lipinski definition) is 2. The molecule has 2 unspecified atom stereocenters. The molecular formula is C19H19NO2. The zero-order chi connectivity index (χ0) is 15.1. The molecule has 1 aliphatic heterocycles. The van der Waals surface area contributed by atoms with Crippen LogP contribution in [0.4, 0.5) is 0 Å². The molecule has 1 aliphatic carbocycles. The van der Waals surface area contributed by atoms with Crippen LogP contribution in [0.2, 0.25) is 0 Å². The minimum absolute atomic E-state index is 0.120. The minimum Gasteiger partial charge on any atom is -0.508 e. The lowest BCUT2D eigenvalue weighted by Gasteiger charge is -2.29. The third-order valence-electron chi connectivity index (χ3n) is 4.87. The predicted octanol–water partition coefficient (Wildman–Crippen LogP) is 3.08. The van der Waals surface area contributed by atoms with Crippen molar-refractivity contribution in [3.8, 4) is 5.75 Å². The highest BCUT2D eigenvalue weighted by Gasteiger charge is 2.46. The van der Waals surface area contributed by atoms with Gasteiger partial charge in [-0.1, -0.05) is 36.4 Å². The van der Waals surface area contributed by atoms with E-state index in [0.29, 0.717) is 5.92 Å². The molecule has 3 heteroatoms. The summed E-state index contributed by atoms with van der Waals surface area (Å²) in [6.45, 7) is 1.57. The third kappa shape index (κ3) is 2.37. The molecule has 3 nitrogen and oxygen atoms in total. The second-order valence-electron chi connectivity index (χ2n) is 6.32. The van der Waals surface area contributed by atoms with Crippen molar-refractivity contribution in [2.75, 3.05) is 6.54 Å². The lowest BCUT2D eigenvalue weighted by Crippen LogP contribution is -2.37. The SMILES string of the molecule is O=C(C1CC1c1ccc(O)cc1)N1CCc2ccccc2C1. The molecule has 22 heavy (non-hydrogen) atoms. The average Bonchev–Trinajstić information content (AvgIpc) is 3.35. The van der Waals surface area contributed by atoms with E-state index in [1.54, 1.807) is 12.1 Å². The van der Waals surface area contributed by atoms with Gasteiger partial charge in [-0.3, -0.25) is 4.79 Å². The highest BCUT2D eigenvalue weighted by Crippen LogP contribution is 2.49. The molecule has 0 bridgehead atoms. The van der Waals surface area contributed by atoms with Crippen molar-refractivity contribution in [1.29, 1.82) is 0 Å². The molecule has 1 N–H and O–H groups in total. The van der Waals surface area contributed by atoms with E-state index >= 15 is 0 Å². The summed E-state index contributed by atoms with van der Waals surface area (Å²) in [6.07, 6.45) is 1.89. The summed E-state index contributed by atoms with van der Waals surface area (Å²) >= 11 is 0. The number of fused-ring (bicyclic) bond motifs is 1. The van der Waals surface area contributed by atoms with Crippen LogP contribution in [0.3, 0.4) is 0 Å². The second-order valence-corrected chi connectivity index (χ2v) is 6.32. The maximum Gasteiger partial charge on any atom is 0.226 e. The van der Waals surface area contributed by atoms with E-state index in [2.05, 4.69) is 18.2 Å². The Morgan fingerprint density at radius 2 is 1.77 bits per heavy atom. The zero-order valence-electron chi connectivity index (χ0n) is 12.4. The Morgan fingerprint density at radius 1 is 1.05 bits per heavy atom. The van der Waals surface area contributed by atoms with Crippen molar-refractivity contribution in [3.05, 3.63) is 65.2 Å². The quantitative estimate of drug-likeness (QED) is 0.924. The first-order valence-electron chi connectivity index (χ1n) is 7.87. The van der Waals surface area contributed by atoms with Gasteiger partial charge in [0.2, 0.25) is 5.91 Å². The Bertz CT molecular complexity index is 708. The van der Waals surface area contributed by atoms with Crippen molar-refractivity contribution in [1.82, 2.24) is 4.90 Å². The van der Waals surface area contributed by atoms with E-state index in [9.17, 15) is 9.90 Å². The maximum atomic E-state index is 12.7. The van der Waals surface area contributed by atoms with Gasteiger partial charge in [-0.15, -0.1) is 0 Å². The van der Waals surface area contributed by atoms with Gasteiger partial charge >= 0.3 is 0 Å². The van der Waals surface area contributed by atoms with Crippen LogP contribution in [0.1, 0.15) is 29.0 Å². The first-order valence-corrected chi connectivity index (χ1v) is 7.87. The number of carbonyl (C=O) groups is 1. The lowest BCUT2D eigenvalue weighted by atomic mass is 9.99. The summed E-state index contributed by atoms with van der Waals surface area (Å²) in [4.78, 5) is 14.7. The van der Waals surface area contributed by atoms with Crippen LogP contribution in [-0.4, -0.2) is 22.5 Å². The fraction of sp³-hybridized carbons (Fsp3) is 0.316. The second kappa shape index (κ2) is 5.16. The molecule has 1 amide bonds. The van der Waals surface area contributed by atoms with Gasteiger partial charge in [0, 0.05) is 19.0 Å². The number of benzene rings is 2. The molecule has 0 radical (unpaired) electrons. The molecule has 1 fully saturated rings. The van der Waals surface area contributed by atoms with E-state index in [-0.39, 0.29) is 17.6 Å². The Labute approximate surface area is 130 Å². The Kier molecular flexibility index (Phi) is 3.14. The number of amides is 1. The molecule has 2 aromatic carbocycles. The fourth-order valence-corrected chi connectivity index (χ4v) is 3.48. The van der Waals surface area contributed by atoms with E-state index in [1.807, 2.05) is 23.1 Å². The highest BCUT2D eigenvalue weighted by molar-refractivity contribution is 5.83. The smallest absolute Gasteiger partial charge is 0.226 e. The van der Waals surface area contributed by atoms with E-state index in [4.69, 9.17) is 0 Å². The standard InChI is InChI=1S/C19H19NO2/c21-16-7-5-14(6-8-16)17-11-18(17)19(22)20-10-9-13-3-1-2-4-15(13)12-20/h1-8,17-18,21H,9-12H2. The van der Waals surface area contributed by atoms with Crippen LogP contribution in [0.15, 0.2) is 48.5 Å². The van der Waals surface area contributed by atoms with Gasteiger partial charge in [0.1, 0.15) is 5.75 Å². The Morgan fingerprint density at radius 3 is 2.55 bits per heavy atom. The molecule has 4 rings (SSSR count). The van der Waals surface area contributed by atoms with Crippen LogP contribution in [0, 0.1) is 5.92 Å². The minimum atomic E-state index is 0.120. The van der Waals surface area contributed by atoms with Crippen molar-refractivity contribution in [3.63, 3.8) is 0 Å². The van der Waals surface area contributed by atoms with Crippen molar-refractivity contribution in [2.45, 2.75) is 25.3 Å². The van der Waals surface area contributed by atoms with Crippen LogP contribution < -0.4 is 0 Å². The molecule has 0 spiro atoms. The van der Waals surface area contributed by atoms with Gasteiger partial charge in [-0.05, 0) is 47.6 Å². The van der Waals surface area contributed by atoms with Gasteiger partial charge in [-0.25, -0.2) is 0 Å². The number of nitrogens with zero attached hydrogens (tertiary/aromatic N) is 1. The lowest BCUT2D eigenvalue weighted by molar-refractivity contribution is -0.133. The molecule has 2 aliphatic rings. The summed E-state index contributed by atoms with van der Waals surface area (Å²) in [5.41, 5.74) is 3.81. The van der Waals surface area contributed by atoms with Crippen LogP contribution in [0.25, 0.3) is 0 Å². The summed E-state index contributed by atoms with van der Waals surface area (Å²) in [5, 5.41) is 9.36. The number of hydrogen-bond donors (Lipinski definition) is 1. The van der Waals surface area contributed by atoms with Gasteiger partial charge in [0.05, 0.1) is 0 Å². The number of rotatable bonds is 2. The molecule has 0 aromatic heterocycles. The van der Waals surface area contributed by atoms with Crippen LogP contribution in [0.5, 0.6) is 5.75 Å². The molecule has 0 saturated heterocycles. The zero-order valence-corrected chi connectivity index (χ0v) is 12.4. The molecule has 1 saturated carbocycles. The Hall–Kier alpha value is -2.29. The summed E-state index contributed by atoms with van der Waals surface area (Å²) < 4.78 is 0. The topological polar surface area (TPSA) is 40.5 Å². The van der Waals surface area contributed by atoms with Gasteiger partial charge in [0.25, 0.3) is 0 Å². The molecule has 2 atom stereocenters. The summed E-state index contributed by atoms with van der Waals surface area (Å²) in [5.74, 6) is 1.01. The maximum absolute atomic E-state index is 12.7. The van der Waals surface area contributed by atoms with Crippen LogP contribution >= 0.6 is 0 Å². The number of phenolic OH excluding ortho intramolecular Hbond substituents is 1. The van der Waals surface area contributed by atoms with Crippen molar-refractivity contribution in [2.24, 2.45) is 5.92 Å². The van der Waals surface area contributed by atoms with Crippen molar-refractivity contribution >= 4 is 5.91 Å². The number of phenols is 1. The van der Waals surface area contributed by atoms with E-state index in [0.717, 1.165) is 31.5 Å². The normalized spacial score (nSPS) is 23.0. The van der Waals surface area contributed by atoms with Gasteiger partial charge in [0.15, 0.2) is 0 Å². The highest BCUT2D eigenvalue weighted by atomic mass is 16.3. The van der Waals surface area contributed by atoms with Crippen LogP contribution in [-0.2, 0) is 17.8 Å². The Balaban J connectivity index is 1.45.